The number of ether oxygens (including phenoxy) is 1. The maximum atomic E-state index is 11.3. The van der Waals surface area contributed by atoms with Gasteiger partial charge >= 0.3 is 5.97 Å². The van der Waals surface area contributed by atoms with Gasteiger partial charge in [0.25, 0.3) is 0 Å². The van der Waals surface area contributed by atoms with Crippen molar-refractivity contribution >= 4 is 44.8 Å². The first kappa shape index (κ1) is 12.2. The molecule has 82 valence electrons. The summed E-state index contributed by atoms with van der Waals surface area (Å²) in [6, 6.07) is 0. The molecule has 0 aliphatic heterocycles. The molecule has 0 spiro atoms. The van der Waals surface area contributed by atoms with E-state index in [4.69, 9.17) is 0 Å². The zero-order valence-electron chi connectivity index (χ0n) is 8.30. The van der Waals surface area contributed by atoms with Crippen LogP contribution in [0.3, 0.4) is 0 Å². The number of carbonyl (C=O) groups excluding carboxylic acids is 2. The van der Waals surface area contributed by atoms with Gasteiger partial charge in [0, 0.05) is 10.3 Å². The Morgan fingerprint density at radius 1 is 1.60 bits per heavy atom. The molecule has 1 amide bonds. The van der Waals surface area contributed by atoms with Gasteiger partial charge in [-0.2, -0.15) is 0 Å². The smallest absolute Gasteiger partial charge is 0.340 e. The average molecular weight is 292 g/mol. The summed E-state index contributed by atoms with van der Waals surface area (Å²) >= 11 is 4.44. The molecule has 1 aromatic rings. The van der Waals surface area contributed by atoms with Gasteiger partial charge in [0.1, 0.15) is 0 Å². The number of aryl methyl sites for hydroxylation is 1. The lowest BCUT2D eigenvalue weighted by Gasteiger charge is -2.05. The number of esters is 1. The van der Waals surface area contributed by atoms with Gasteiger partial charge in [0.15, 0.2) is 0 Å². The van der Waals surface area contributed by atoms with Crippen molar-refractivity contribution in [2.45, 2.75) is 6.92 Å². The van der Waals surface area contributed by atoms with Crippen molar-refractivity contribution < 1.29 is 14.3 Å². The fourth-order valence-corrected chi connectivity index (χ4v) is 1.97. The standard InChI is InChI=1S/C9H10BrNO3S/c1-5-8(11-7(12)3-10)6(4-15-5)9(13)14-2/h4H,3H2,1-2H3,(H,11,12). The van der Waals surface area contributed by atoms with E-state index in [1.165, 1.54) is 18.4 Å². The highest BCUT2D eigenvalue weighted by atomic mass is 79.9. The van der Waals surface area contributed by atoms with E-state index in [1.807, 2.05) is 6.92 Å². The Bertz CT molecular complexity index is 389. The zero-order chi connectivity index (χ0) is 11.4. The first-order valence-electron chi connectivity index (χ1n) is 4.12. The molecule has 4 nitrogen and oxygen atoms in total. The molecule has 1 aromatic heterocycles. The van der Waals surface area contributed by atoms with Gasteiger partial charge in [0.2, 0.25) is 5.91 Å². The second-order valence-corrected chi connectivity index (χ2v) is 4.40. The summed E-state index contributed by atoms with van der Waals surface area (Å²) in [5.74, 6) is -0.633. The van der Waals surface area contributed by atoms with Crippen LogP contribution in [0.25, 0.3) is 0 Å². The maximum Gasteiger partial charge on any atom is 0.340 e. The largest absolute Gasteiger partial charge is 0.465 e. The molecule has 15 heavy (non-hydrogen) atoms. The number of rotatable bonds is 3. The Hall–Kier alpha value is -0.880. The van der Waals surface area contributed by atoms with Gasteiger partial charge < -0.3 is 10.1 Å². The van der Waals surface area contributed by atoms with Crippen LogP contribution < -0.4 is 5.32 Å². The molecule has 0 aliphatic rings. The predicted octanol–water partition coefficient (Wildman–Crippen LogP) is 2.18. The number of nitrogens with one attached hydrogen (secondary N) is 1. The Balaban J connectivity index is 2.99. The Morgan fingerprint density at radius 2 is 2.27 bits per heavy atom. The van der Waals surface area contributed by atoms with Crippen LogP contribution in [0.5, 0.6) is 0 Å². The van der Waals surface area contributed by atoms with Crippen molar-refractivity contribution in [3.8, 4) is 0 Å². The van der Waals surface area contributed by atoms with E-state index < -0.39 is 5.97 Å². The summed E-state index contributed by atoms with van der Waals surface area (Å²) in [6.07, 6.45) is 0. The number of alkyl halides is 1. The molecule has 0 saturated carbocycles. The number of anilines is 1. The minimum Gasteiger partial charge on any atom is -0.465 e. The fourth-order valence-electron chi connectivity index (χ4n) is 1.04. The van der Waals surface area contributed by atoms with E-state index in [0.717, 1.165) is 4.88 Å². The summed E-state index contributed by atoms with van der Waals surface area (Å²) in [7, 11) is 1.31. The molecule has 0 bridgehead atoms. The number of methoxy groups -OCH3 is 1. The van der Waals surface area contributed by atoms with E-state index in [-0.39, 0.29) is 11.2 Å². The lowest BCUT2D eigenvalue weighted by molar-refractivity contribution is -0.113. The summed E-state index contributed by atoms with van der Waals surface area (Å²) in [5, 5.41) is 4.52. The fraction of sp³-hybridized carbons (Fsp3) is 0.333. The molecular weight excluding hydrogens is 282 g/mol. The highest BCUT2D eigenvalue weighted by Crippen LogP contribution is 2.27. The topological polar surface area (TPSA) is 55.4 Å². The molecule has 0 aliphatic carbocycles. The Kier molecular flexibility index (Phi) is 4.28. The van der Waals surface area contributed by atoms with E-state index in [2.05, 4.69) is 26.0 Å². The Labute approximate surface area is 99.8 Å². The summed E-state index contributed by atoms with van der Waals surface area (Å²) in [5.41, 5.74) is 0.936. The van der Waals surface area contributed by atoms with Gasteiger partial charge in [-0.15, -0.1) is 11.3 Å². The lowest BCUT2D eigenvalue weighted by Crippen LogP contribution is -2.15. The second kappa shape index (κ2) is 5.27. The minimum atomic E-state index is -0.441. The SMILES string of the molecule is COC(=O)c1csc(C)c1NC(=O)CBr. The van der Waals surface area contributed by atoms with Crippen LogP contribution in [0.4, 0.5) is 5.69 Å². The molecule has 0 unspecified atom stereocenters. The first-order valence-corrected chi connectivity index (χ1v) is 6.12. The number of hydrogen-bond donors (Lipinski definition) is 1. The van der Waals surface area contributed by atoms with Crippen LogP contribution >= 0.6 is 27.3 Å². The predicted molar refractivity (Wildman–Crippen MR) is 62.8 cm³/mol. The van der Waals surface area contributed by atoms with Crippen molar-refractivity contribution in [2.75, 3.05) is 17.8 Å². The molecule has 0 atom stereocenters. The van der Waals surface area contributed by atoms with Gasteiger partial charge in [-0.05, 0) is 6.92 Å². The molecule has 0 radical (unpaired) electrons. The quantitative estimate of drug-likeness (QED) is 0.686. The number of thiophene rings is 1. The number of halogens is 1. The zero-order valence-corrected chi connectivity index (χ0v) is 10.7. The van der Waals surface area contributed by atoms with Crippen molar-refractivity contribution in [3.63, 3.8) is 0 Å². The summed E-state index contributed by atoms with van der Waals surface area (Å²) < 4.78 is 4.61. The molecular formula is C9H10BrNO3S. The monoisotopic (exact) mass is 291 g/mol. The molecule has 1 N–H and O–H groups in total. The normalized spacial score (nSPS) is 9.80. The highest BCUT2D eigenvalue weighted by Gasteiger charge is 2.17. The summed E-state index contributed by atoms with van der Waals surface area (Å²) in [6.45, 7) is 1.83. The van der Waals surface area contributed by atoms with E-state index in [0.29, 0.717) is 11.3 Å². The number of amides is 1. The third-order valence-corrected chi connectivity index (χ3v) is 3.19. The lowest BCUT2D eigenvalue weighted by atomic mass is 10.2. The van der Waals surface area contributed by atoms with Gasteiger partial charge in [0.05, 0.1) is 23.7 Å². The molecule has 6 heteroatoms. The molecule has 1 heterocycles. The van der Waals surface area contributed by atoms with Crippen LogP contribution in [-0.4, -0.2) is 24.3 Å². The van der Waals surface area contributed by atoms with E-state index >= 15 is 0 Å². The molecule has 0 fully saturated rings. The Morgan fingerprint density at radius 3 is 2.80 bits per heavy atom. The molecule has 0 aromatic carbocycles. The second-order valence-electron chi connectivity index (χ2n) is 2.75. The van der Waals surface area contributed by atoms with Gasteiger partial charge in [-0.1, -0.05) is 15.9 Å². The average Bonchev–Trinajstić information content (AvgIpc) is 2.59. The van der Waals surface area contributed by atoms with Crippen LogP contribution in [0.15, 0.2) is 5.38 Å². The van der Waals surface area contributed by atoms with Gasteiger partial charge in [-0.3, -0.25) is 4.79 Å². The first-order chi connectivity index (χ1) is 7.10. The molecule has 1 rings (SSSR count). The van der Waals surface area contributed by atoms with Crippen LogP contribution in [0, 0.1) is 6.92 Å². The van der Waals surface area contributed by atoms with Crippen molar-refractivity contribution in [1.82, 2.24) is 0 Å². The van der Waals surface area contributed by atoms with E-state index in [1.54, 1.807) is 5.38 Å². The van der Waals surface area contributed by atoms with Gasteiger partial charge in [-0.25, -0.2) is 4.79 Å². The minimum absolute atomic E-state index is 0.193. The highest BCUT2D eigenvalue weighted by molar-refractivity contribution is 9.09. The molecule has 0 saturated heterocycles. The van der Waals surface area contributed by atoms with Crippen LogP contribution in [0.2, 0.25) is 0 Å². The summed E-state index contributed by atoms with van der Waals surface area (Å²) in [4.78, 5) is 23.4. The number of carbonyl (C=O) groups is 2. The number of hydrogen-bond acceptors (Lipinski definition) is 4. The van der Waals surface area contributed by atoms with Crippen molar-refractivity contribution in [2.24, 2.45) is 0 Å². The van der Waals surface area contributed by atoms with Crippen molar-refractivity contribution in [1.29, 1.82) is 0 Å². The third kappa shape index (κ3) is 2.79. The van der Waals surface area contributed by atoms with E-state index in [9.17, 15) is 9.59 Å². The van der Waals surface area contributed by atoms with Crippen LogP contribution in [0.1, 0.15) is 15.2 Å². The van der Waals surface area contributed by atoms with Crippen molar-refractivity contribution in [3.05, 3.63) is 15.8 Å². The van der Waals surface area contributed by atoms with Crippen LogP contribution in [-0.2, 0) is 9.53 Å². The third-order valence-electron chi connectivity index (χ3n) is 1.77. The maximum absolute atomic E-state index is 11.3.